The second kappa shape index (κ2) is 10.6. The molecule has 0 radical (unpaired) electrons. The van der Waals surface area contributed by atoms with E-state index in [1.807, 2.05) is 38.1 Å². The summed E-state index contributed by atoms with van der Waals surface area (Å²) >= 11 is 0. The summed E-state index contributed by atoms with van der Waals surface area (Å²) in [7, 11) is -3.74. The minimum atomic E-state index is -3.74. The zero-order chi connectivity index (χ0) is 25.0. The summed E-state index contributed by atoms with van der Waals surface area (Å²) in [5.41, 5.74) is 0.897. The Hall–Kier alpha value is -3.17. The van der Waals surface area contributed by atoms with Gasteiger partial charge in [-0.1, -0.05) is 31.5 Å². The molecule has 2 N–H and O–H groups in total. The number of nitrogens with one attached hydrogen (secondary N) is 2. The van der Waals surface area contributed by atoms with E-state index in [0.29, 0.717) is 29.8 Å². The highest BCUT2D eigenvalue weighted by Crippen LogP contribution is 2.29. The number of pyridine rings is 1. The van der Waals surface area contributed by atoms with E-state index in [1.54, 1.807) is 10.4 Å². The maximum absolute atomic E-state index is 13.5. The molecule has 9 heteroatoms. The van der Waals surface area contributed by atoms with Crippen molar-refractivity contribution in [1.29, 1.82) is 0 Å². The lowest BCUT2D eigenvalue weighted by molar-refractivity contribution is 0.0952. The predicted molar refractivity (Wildman–Crippen MR) is 135 cm³/mol. The summed E-state index contributed by atoms with van der Waals surface area (Å²) in [6.07, 6.45) is 3.43. The van der Waals surface area contributed by atoms with Crippen LogP contribution in [-0.4, -0.2) is 42.8 Å². The van der Waals surface area contributed by atoms with E-state index in [4.69, 9.17) is 4.74 Å². The Bertz CT molecular complexity index is 1380. The van der Waals surface area contributed by atoms with Crippen LogP contribution in [0, 0.1) is 0 Å². The van der Waals surface area contributed by atoms with Crippen molar-refractivity contribution in [3.8, 4) is 5.75 Å². The molecule has 3 aromatic rings. The highest BCUT2D eigenvalue weighted by Gasteiger charge is 2.32. The van der Waals surface area contributed by atoms with Crippen molar-refractivity contribution in [3.05, 3.63) is 70.0 Å². The third kappa shape index (κ3) is 5.26. The molecule has 0 spiro atoms. The zero-order valence-corrected chi connectivity index (χ0v) is 20.9. The Morgan fingerprint density at radius 1 is 1.14 bits per heavy atom. The summed E-state index contributed by atoms with van der Waals surface area (Å²) < 4.78 is 34.2. The number of sulfonamides is 1. The van der Waals surface area contributed by atoms with Crippen molar-refractivity contribution in [2.45, 2.75) is 57.0 Å². The fourth-order valence-electron chi connectivity index (χ4n) is 4.63. The van der Waals surface area contributed by atoms with Crippen molar-refractivity contribution >= 4 is 26.8 Å². The third-order valence-electron chi connectivity index (χ3n) is 6.42. The van der Waals surface area contributed by atoms with Crippen LogP contribution < -0.4 is 15.6 Å². The number of hydrogen-bond acceptors (Lipinski definition) is 5. The summed E-state index contributed by atoms with van der Waals surface area (Å²) in [5.74, 6) is 0.206. The van der Waals surface area contributed by atoms with Gasteiger partial charge in [-0.2, -0.15) is 4.31 Å². The average molecular weight is 498 g/mol. The first-order chi connectivity index (χ1) is 16.8. The number of carbonyl (C=O) groups excluding carboxylic acids is 1. The molecule has 0 bridgehead atoms. The van der Waals surface area contributed by atoms with Gasteiger partial charge >= 0.3 is 0 Å². The van der Waals surface area contributed by atoms with Crippen LogP contribution >= 0.6 is 0 Å². The maximum atomic E-state index is 13.5. The number of aromatic nitrogens is 1. The van der Waals surface area contributed by atoms with Crippen LogP contribution in [0.1, 0.15) is 55.5 Å². The average Bonchev–Trinajstić information content (AvgIpc) is 2.87. The highest BCUT2D eigenvalue weighted by molar-refractivity contribution is 7.89. The normalized spacial score (nSPS) is 16.8. The molecule has 0 aliphatic carbocycles. The van der Waals surface area contributed by atoms with Gasteiger partial charge in [-0.25, -0.2) is 8.42 Å². The fourth-order valence-corrected chi connectivity index (χ4v) is 6.43. The van der Waals surface area contributed by atoms with Gasteiger partial charge in [0, 0.05) is 41.7 Å². The van der Waals surface area contributed by atoms with Gasteiger partial charge in [0.1, 0.15) is 5.75 Å². The van der Waals surface area contributed by atoms with Gasteiger partial charge in [-0.3, -0.25) is 9.59 Å². The van der Waals surface area contributed by atoms with Crippen LogP contribution in [-0.2, 0) is 16.6 Å². The van der Waals surface area contributed by atoms with Crippen LogP contribution in [0.2, 0.25) is 0 Å². The molecular formula is C26H31N3O5S. The second-order valence-corrected chi connectivity index (χ2v) is 10.5. The van der Waals surface area contributed by atoms with Crippen LogP contribution in [0.15, 0.2) is 58.2 Å². The fraction of sp³-hybridized carbons (Fsp3) is 0.385. The molecule has 1 fully saturated rings. The Morgan fingerprint density at radius 3 is 2.71 bits per heavy atom. The Kier molecular flexibility index (Phi) is 7.57. The third-order valence-corrected chi connectivity index (χ3v) is 8.37. The van der Waals surface area contributed by atoms with Crippen molar-refractivity contribution in [2.75, 3.05) is 13.2 Å². The lowest BCUT2D eigenvalue weighted by Crippen LogP contribution is -2.43. The zero-order valence-electron chi connectivity index (χ0n) is 20.0. The molecule has 8 nitrogen and oxygen atoms in total. The molecule has 1 aliphatic heterocycles. The number of H-pyrrole nitrogens is 1. The number of amides is 1. The number of benzene rings is 2. The van der Waals surface area contributed by atoms with Crippen molar-refractivity contribution in [3.63, 3.8) is 0 Å². The minimum absolute atomic E-state index is 0.0341. The number of hydrogen-bond donors (Lipinski definition) is 2. The van der Waals surface area contributed by atoms with Crippen molar-refractivity contribution in [2.24, 2.45) is 0 Å². The number of carbonyl (C=O) groups is 1. The summed E-state index contributed by atoms with van der Waals surface area (Å²) in [6.45, 7) is 5.06. The molecule has 1 amide bonds. The summed E-state index contributed by atoms with van der Waals surface area (Å²) in [5, 5.41) is 3.22. The molecule has 1 atom stereocenters. The van der Waals surface area contributed by atoms with Crippen LogP contribution in [0.3, 0.4) is 0 Å². The molecule has 4 rings (SSSR count). The largest absolute Gasteiger partial charge is 0.494 e. The number of aromatic amines is 1. The number of ether oxygens (including phenoxy) is 1. The van der Waals surface area contributed by atoms with Crippen LogP contribution in [0.5, 0.6) is 5.75 Å². The van der Waals surface area contributed by atoms with Gasteiger partial charge in [0.15, 0.2) is 0 Å². The second-order valence-electron chi connectivity index (χ2n) is 8.65. The number of nitrogens with zero attached hydrogens (tertiary/aromatic N) is 1. The Labute approximate surface area is 205 Å². The van der Waals surface area contributed by atoms with E-state index in [-0.39, 0.29) is 23.0 Å². The SMILES string of the molecule is CCOc1ccccc1CNC(=O)c1cc(=O)[nH]c2ccc(S(=O)(=O)N3CCCCC3CC)cc12. The molecule has 0 saturated carbocycles. The maximum Gasteiger partial charge on any atom is 0.252 e. The van der Waals surface area contributed by atoms with E-state index in [1.165, 1.54) is 18.2 Å². The first kappa shape index (κ1) is 24.9. The van der Waals surface area contributed by atoms with Gasteiger partial charge in [-0.05, 0) is 50.5 Å². The van der Waals surface area contributed by atoms with Crippen molar-refractivity contribution < 1.29 is 17.9 Å². The quantitative estimate of drug-likeness (QED) is 0.492. The topological polar surface area (TPSA) is 109 Å². The lowest BCUT2D eigenvalue weighted by Gasteiger charge is -2.34. The van der Waals surface area contributed by atoms with Gasteiger partial charge in [-0.15, -0.1) is 0 Å². The van der Waals surface area contributed by atoms with E-state index in [2.05, 4.69) is 10.3 Å². The van der Waals surface area contributed by atoms with E-state index in [9.17, 15) is 18.0 Å². The smallest absolute Gasteiger partial charge is 0.252 e. The molecule has 2 heterocycles. The van der Waals surface area contributed by atoms with Gasteiger partial charge in [0.05, 0.1) is 17.1 Å². The van der Waals surface area contributed by atoms with Gasteiger partial charge < -0.3 is 15.0 Å². The Balaban J connectivity index is 1.68. The van der Waals surface area contributed by atoms with E-state index in [0.717, 1.165) is 31.2 Å². The molecule has 186 valence electrons. The monoisotopic (exact) mass is 497 g/mol. The first-order valence-electron chi connectivity index (χ1n) is 12.0. The first-order valence-corrected chi connectivity index (χ1v) is 13.5. The van der Waals surface area contributed by atoms with E-state index >= 15 is 0 Å². The molecule has 1 unspecified atom stereocenters. The number of piperidine rings is 1. The standard InChI is InChI=1S/C26H31N3O5S/c1-3-19-10-7-8-14-29(19)35(32,33)20-12-13-23-21(15-20)22(16-25(30)28-23)26(31)27-17-18-9-5-6-11-24(18)34-4-2/h5-6,9,11-13,15-16,19H,3-4,7-8,10,14,17H2,1-2H3,(H,27,31)(H,28,30). The number of para-hydroxylation sites is 1. The van der Waals surface area contributed by atoms with Gasteiger partial charge in [0.25, 0.3) is 5.91 Å². The summed E-state index contributed by atoms with van der Waals surface area (Å²) in [4.78, 5) is 28.2. The highest BCUT2D eigenvalue weighted by atomic mass is 32.2. The van der Waals surface area contributed by atoms with Gasteiger partial charge in [0.2, 0.25) is 15.6 Å². The molecular weight excluding hydrogens is 466 g/mol. The molecule has 1 saturated heterocycles. The lowest BCUT2D eigenvalue weighted by atomic mass is 10.0. The molecule has 1 aliphatic rings. The number of fused-ring (bicyclic) bond motifs is 1. The number of rotatable bonds is 8. The molecule has 1 aromatic heterocycles. The van der Waals surface area contributed by atoms with Crippen LogP contribution in [0.25, 0.3) is 10.9 Å². The molecule has 35 heavy (non-hydrogen) atoms. The van der Waals surface area contributed by atoms with E-state index < -0.39 is 21.5 Å². The Morgan fingerprint density at radius 2 is 1.94 bits per heavy atom. The molecule has 2 aromatic carbocycles. The predicted octanol–water partition coefficient (Wildman–Crippen LogP) is 3.81. The van der Waals surface area contributed by atoms with Crippen molar-refractivity contribution in [1.82, 2.24) is 14.6 Å². The van der Waals surface area contributed by atoms with Crippen LogP contribution in [0.4, 0.5) is 0 Å². The minimum Gasteiger partial charge on any atom is -0.494 e. The summed E-state index contributed by atoms with van der Waals surface area (Å²) in [6, 6.07) is 13.1.